The molecule has 2 aromatic heterocycles. The topological polar surface area (TPSA) is 83.3 Å². The monoisotopic (exact) mass is 434 g/mol. The Morgan fingerprint density at radius 2 is 1.66 bits per heavy atom. The Hall–Kier alpha value is -2.71. The molecule has 7 rings (SSSR count). The van der Waals surface area contributed by atoms with Crippen molar-refractivity contribution in [3.63, 3.8) is 0 Å². The number of nitrogens with zero attached hydrogens (tertiary/aromatic N) is 8. The first kappa shape index (κ1) is 18.8. The van der Waals surface area contributed by atoms with Crippen LogP contribution in [0.4, 0.5) is 10.7 Å². The summed E-state index contributed by atoms with van der Waals surface area (Å²) in [5.41, 5.74) is 1.47. The van der Waals surface area contributed by atoms with Crippen molar-refractivity contribution < 1.29 is 4.79 Å². The van der Waals surface area contributed by atoms with Gasteiger partial charge in [-0.15, -0.1) is 0 Å². The molecule has 3 saturated heterocycles. The van der Waals surface area contributed by atoms with E-state index in [0.717, 1.165) is 69.4 Å². The molecule has 32 heavy (non-hydrogen) atoms. The molecule has 1 spiro atoms. The van der Waals surface area contributed by atoms with E-state index in [1.54, 1.807) is 0 Å². The molecule has 0 bridgehead atoms. The minimum absolute atomic E-state index is 0.196. The van der Waals surface area contributed by atoms with Crippen LogP contribution >= 0.6 is 0 Å². The number of anilines is 1. The predicted molar refractivity (Wildman–Crippen MR) is 117 cm³/mol. The molecule has 2 amide bonds. The molecular weight excluding hydrogens is 404 g/mol. The first-order chi connectivity index (χ1) is 15.7. The Bertz CT molecular complexity index is 1000. The van der Waals surface area contributed by atoms with E-state index in [4.69, 9.17) is 5.10 Å². The highest BCUT2D eigenvalue weighted by atomic mass is 16.2. The number of carbonyl (C=O) groups excluding carboxylic acids is 1. The Morgan fingerprint density at radius 1 is 0.938 bits per heavy atom. The molecule has 9 heteroatoms. The van der Waals surface area contributed by atoms with E-state index in [1.807, 2.05) is 28.5 Å². The SMILES string of the molecule is O=C(N1CC(c2cnc(N3CCCC3)nc2)C1)N1CC2(CC(n3cnc(C4CC4)n3)C2)C1. The molecule has 168 valence electrons. The fourth-order valence-electron chi connectivity index (χ4n) is 5.94. The lowest BCUT2D eigenvalue weighted by atomic mass is 9.61. The molecule has 2 aromatic rings. The number of carbonyl (C=O) groups is 1. The van der Waals surface area contributed by atoms with Crippen LogP contribution in [-0.4, -0.2) is 79.8 Å². The van der Waals surface area contributed by atoms with Crippen LogP contribution in [0.2, 0.25) is 0 Å². The fourth-order valence-corrected chi connectivity index (χ4v) is 5.94. The molecule has 2 aliphatic carbocycles. The fraction of sp³-hybridized carbons (Fsp3) is 0.696. The molecule has 0 radical (unpaired) electrons. The highest BCUT2D eigenvalue weighted by Crippen LogP contribution is 2.54. The largest absolute Gasteiger partial charge is 0.341 e. The molecule has 5 fully saturated rings. The summed E-state index contributed by atoms with van der Waals surface area (Å²) < 4.78 is 2.07. The van der Waals surface area contributed by atoms with Gasteiger partial charge >= 0.3 is 6.03 Å². The lowest BCUT2D eigenvalue weighted by Crippen LogP contribution is -2.67. The molecule has 0 atom stereocenters. The van der Waals surface area contributed by atoms with Crippen LogP contribution in [0.25, 0.3) is 0 Å². The lowest BCUT2D eigenvalue weighted by Gasteiger charge is -2.60. The van der Waals surface area contributed by atoms with Gasteiger partial charge in [-0.1, -0.05) is 0 Å². The van der Waals surface area contributed by atoms with Crippen molar-refractivity contribution in [1.82, 2.24) is 34.5 Å². The third-order valence-corrected chi connectivity index (χ3v) is 8.17. The van der Waals surface area contributed by atoms with E-state index in [-0.39, 0.29) is 6.03 Å². The van der Waals surface area contributed by atoms with Gasteiger partial charge in [-0.3, -0.25) is 0 Å². The normalized spacial score (nSPS) is 25.1. The smallest absolute Gasteiger partial charge is 0.320 e. The molecule has 5 heterocycles. The highest BCUT2D eigenvalue weighted by molar-refractivity contribution is 5.77. The van der Waals surface area contributed by atoms with Crippen molar-refractivity contribution >= 4 is 12.0 Å². The van der Waals surface area contributed by atoms with Crippen molar-refractivity contribution in [3.05, 3.63) is 30.1 Å². The zero-order valence-corrected chi connectivity index (χ0v) is 18.4. The number of rotatable bonds is 4. The third kappa shape index (κ3) is 3.08. The number of amides is 2. The Morgan fingerprint density at radius 3 is 2.34 bits per heavy atom. The van der Waals surface area contributed by atoms with E-state index in [2.05, 4.69) is 24.5 Å². The van der Waals surface area contributed by atoms with Crippen LogP contribution in [0.15, 0.2) is 18.7 Å². The van der Waals surface area contributed by atoms with Gasteiger partial charge in [0.1, 0.15) is 6.33 Å². The third-order valence-electron chi connectivity index (χ3n) is 8.17. The van der Waals surface area contributed by atoms with Gasteiger partial charge in [-0.05, 0) is 44.1 Å². The molecule has 0 unspecified atom stereocenters. The van der Waals surface area contributed by atoms with Crippen molar-refractivity contribution in [2.24, 2.45) is 5.41 Å². The molecule has 9 nitrogen and oxygen atoms in total. The zero-order valence-electron chi connectivity index (χ0n) is 18.4. The second kappa shape index (κ2) is 6.89. The number of hydrogen-bond acceptors (Lipinski definition) is 6. The number of urea groups is 1. The van der Waals surface area contributed by atoms with E-state index in [0.29, 0.717) is 23.3 Å². The zero-order chi connectivity index (χ0) is 21.3. The molecule has 3 aliphatic heterocycles. The van der Waals surface area contributed by atoms with Gasteiger partial charge in [0, 0.05) is 68.9 Å². The standard InChI is InChI=1S/C23H30N8O/c32-22(29-11-18(12-29)17-9-24-21(25-10-17)28-5-1-2-6-28)30-13-23(14-30)7-19(8-23)31-15-26-20(27-31)16-3-4-16/h9-10,15-16,18-19H,1-8,11-14H2. The quantitative estimate of drug-likeness (QED) is 0.735. The highest BCUT2D eigenvalue weighted by Gasteiger charge is 2.55. The van der Waals surface area contributed by atoms with Gasteiger partial charge in [0.05, 0.1) is 6.04 Å². The van der Waals surface area contributed by atoms with Crippen molar-refractivity contribution in [2.45, 2.75) is 56.4 Å². The Balaban J connectivity index is 0.882. The van der Waals surface area contributed by atoms with Crippen LogP contribution in [-0.2, 0) is 0 Å². The van der Waals surface area contributed by atoms with Crippen LogP contribution in [0.3, 0.4) is 0 Å². The molecular formula is C23H30N8O. The molecule has 5 aliphatic rings. The Kier molecular flexibility index (Phi) is 4.05. The summed E-state index contributed by atoms with van der Waals surface area (Å²) in [5, 5.41) is 4.69. The van der Waals surface area contributed by atoms with E-state index < -0.39 is 0 Å². The average Bonchev–Trinajstić information content (AvgIpc) is 3.21. The molecule has 2 saturated carbocycles. The van der Waals surface area contributed by atoms with Gasteiger partial charge in [0.25, 0.3) is 0 Å². The number of aromatic nitrogens is 5. The minimum atomic E-state index is 0.196. The molecule has 0 N–H and O–H groups in total. The predicted octanol–water partition coefficient (Wildman–Crippen LogP) is 2.40. The molecule has 0 aromatic carbocycles. The number of hydrogen-bond donors (Lipinski definition) is 0. The summed E-state index contributed by atoms with van der Waals surface area (Å²) >= 11 is 0. The maximum Gasteiger partial charge on any atom is 0.320 e. The van der Waals surface area contributed by atoms with Gasteiger partial charge in [-0.25, -0.2) is 24.4 Å². The van der Waals surface area contributed by atoms with Gasteiger partial charge < -0.3 is 14.7 Å². The van der Waals surface area contributed by atoms with Crippen molar-refractivity contribution in [1.29, 1.82) is 0 Å². The summed E-state index contributed by atoms with van der Waals surface area (Å²) in [6.07, 6.45) is 13.0. The van der Waals surface area contributed by atoms with E-state index >= 15 is 0 Å². The summed E-state index contributed by atoms with van der Waals surface area (Å²) in [7, 11) is 0. The lowest BCUT2D eigenvalue weighted by molar-refractivity contribution is -0.0771. The van der Waals surface area contributed by atoms with Crippen LogP contribution in [0.1, 0.15) is 67.8 Å². The van der Waals surface area contributed by atoms with E-state index in [9.17, 15) is 4.79 Å². The maximum atomic E-state index is 12.9. The second-order valence-electron chi connectivity index (χ2n) is 10.7. The first-order valence-corrected chi connectivity index (χ1v) is 12.2. The van der Waals surface area contributed by atoms with Crippen molar-refractivity contribution in [2.75, 3.05) is 44.2 Å². The minimum Gasteiger partial charge on any atom is -0.341 e. The number of likely N-dealkylation sites (tertiary alicyclic amines) is 2. The summed E-state index contributed by atoms with van der Waals surface area (Å²) in [5.74, 6) is 2.84. The van der Waals surface area contributed by atoms with E-state index in [1.165, 1.54) is 25.7 Å². The maximum absolute atomic E-state index is 12.9. The van der Waals surface area contributed by atoms with Crippen molar-refractivity contribution in [3.8, 4) is 0 Å². The van der Waals surface area contributed by atoms with Crippen LogP contribution in [0.5, 0.6) is 0 Å². The average molecular weight is 435 g/mol. The van der Waals surface area contributed by atoms with Crippen LogP contribution in [0, 0.1) is 5.41 Å². The first-order valence-electron chi connectivity index (χ1n) is 12.2. The summed E-state index contributed by atoms with van der Waals surface area (Å²) in [4.78, 5) is 32.7. The summed E-state index contributed by atoms with van der Waals surface area (Å²) in [6, 6.07) is 0.658. The van der Waals surface area contributed by atoms with Gasteiger partial charge in [0.15, 0.2) is 5.82 Å². The van der Waals surface area contributed by atoms with Gasteiger partial charge in [0.2, 0.25) is 5.95 Å². The van der Waals surface area contributed by atoms with Crippen LogP contribution < -0.4 is 4.90 Å². The van der Waals surface area contributed by atoms with Gasteiger partial charge in [-0.2, -0.15) is 5.10 Å². The Labute approximate surface area is 187 Å². The summed E-state index contributed by atoms with van der Waals surface area (Å²) in [6.45, 7) is 5.45. The second-order valence-corrected chi connectivity index (χ2v) is 10.7.